The van der Waals surface area contributed by atoms with Gasteiger partial charge in [-0.25, -0.2) is 4.98 Å². The summed E-state index contributed by atoms with van der Waals surface area (Å²) in [6.07, 6.45) is -1.07. The van der Waals surface area contributed by atoms with Gasteiger partial charge in [0.1, 0.15) is 6.54 Å². The molecule has 1 N–H and O–H groups in total. The first-order chi connectivity index (χ1) is 10.4. The number of hydrogen-bond donors (Lipinski definition) is 1. The monoisotopic (exact) mass is 329 g/mol. The number of hydrogen-bond acceptors (Lipinski definition) is 3. The molecule has 0 aliphatic heterocycles. The number of para-hydroxylation sites is 1. The topological polar surface area (TPSA) is 46.9 Å². The lowest BCUT2D eigenvalue weighted by molar-refractivity contribution is -0.136. The van der Waals surface area contributed by atoms with Crippen LogP contribution in [0.25, 0.3) is 5.69 Å². The molecule has 0 bridgehead atoms. The van der Waals surface area contributed by atoms with Gasteiger partial charge in [0.05, 0.1) is 11.4 Å². The van der Waals surface area contributed by atoms with Gasteiger partial charge in [-0.2, -0.15) is 13.2 Å². The van der Waals surface area contributed by atoms with Crippen LogP contribution in [-0.4, -0.2) is 33.9 Å². The summed E-state index contributed by atoms with van der Waals surface area (Å²) in [5.41, 5.74) is 1.95. The van der Waals surface area contributed by atoms with Gasteiger partial charge in [-0.15, -0.1) is 0 Å². The molecule has 0 aliphatic carbocycles. The fourth-order valence-corrected chi connectivity index (χ4v) is 2.59. The third-order valence-corrected chi connectivity index (χ3v) is 3.77. The zero-order valence-corrected chi connectivity index (χ0v) is 12.5. The summed E-state index contributed by atoms with van der Waals surface area (Å²) in [7, 11) is 0. The van der Waals surface area contributed by atoms with Gasteiger partial charge in [-0.3, -0.25) is 9.36 Å². The van der Waals surface area contributed by atoms with Crippen LogP contribution in [-0.2, 0) is 4.79 Å². The van der Waals surface area contributed by atoms with Gasteiger partial charge in [-0.05, 0) is 18.6 Å². The second-order valence-electron chi connectivity index (χ2n) is 4.55. The minimum absolute atomic E-state index is 0.126. The van der Waals surface area contributed by atoms with Crippen LogP contribution in [0.3, 0.4) is 0 Å². The highest BCUT2D eigenvalue weighted by Gasteiger charge is 2.27. The SMILES string of the molecule is Cc1ccccc1-n1ccnc1SCC(=O)NCC(F)(F)F. The van der Waals surface area contributed by atoms with Crippen LogP contribution in [0, 0.1) is 6.92 Å². The third-order valence-electron chi connectivity index (χ3n) is 2.80. The molecule has 4 nitrogen and oxygen atoms in total. The van der Waals surface area contributed by atoms with Gasteiger partial charge in [-0.1, -0.05) is 30.0 Å². The number of amides is 1. The lowest BCUT2D eigenvalue weighted by Crippen LogP contribution is -2.34. The first kappa shape index (κ1) is 16.4. The van der Waals surface area contributed by atoms with Crippen molar-refractivity contribution < 1.29 is 18.0 Å². The Morgan fingerprint density at radius 1 is 1.36 bits per heavy atom. The fraction of sp³-hybridized carbons (Fsp3) is 0.286. The molecular formula is C14H14F3N3OS. The summed E-state index contributed by atoms with van der Waals surface area (Å²) >= 11 is 1.09. The van der Waals surface area contributed by atoms with Crippen molar-refractivity contribution >= 4 is 17.7 Å². The molecule has 0 spiro atoms. The number of alkyl halides is 3. The number of carbonyl (C=O) groups is 1. The molecule has 1 amide bonds. The summed E-state index contributed by atoms with van der Waals surface area (Å²) in [5, 5.41) is 2.39. The molecule has 2 rings (SSSR count). The second kappa shape index (κ2) is 6.87. The minimum Gasteiger partial charge on any atom is -0.346 e. The molecule has 0 saturated carbocycles. The Labute approximate surface area is 129 Å². The van der Waals surface area contributed by atoms with Crippen LogP contribution in [0.5, 0.6) is 0 Å². The molecule has 0 fully saturated rings. The molecular weight excluding hydrogens is 315 g/mol. The molecule has 1 aromatic heterocycles. The number of thioether (sulfide) groups is 1. The Morgan fingerprint density at radius 2 is 2.09 bits per heavy atom. The Bertz CT molecular complexity index is 655. The van der Waals surface area contributed by atoms with Crippen molar-refractivity contribution in [3.8, 4) is 5.69 Å². The van der Waals surface area contributed by atoms with Crippen molar-refractivity contribution in [1.29, 1.82) is 0 Å². The molecule has 0 unspecified atom stereocenters. The maximum Gasteiger partial charge on any atom is 0.405 e. The van der Waals surface area contributed by atoms with E-state index in [1.54, 1.807) is 17.0 Å². The number of nitrogens with zero attached hydrogens (tertiary/aromatic N) is 2. The zero-order chi connectivity index (χ0) is 16.2. The molecule has 118 valence electrons. The van der Waals surface area contributed by atoms with Crippen molar-refractivity contribution in [3.63, 3.8) is 0 Å². The number of nitrogens with one attached hydrogen (secondary N) is 1. The highest BCUT2D eigenvalue weighted by molar-refractivity contribution is 7.99. The highest BCUT2D eigenvalue weighted by Crippen LogP contribution is 2.22. The number of carbonyl (C=O) groups excluding carboxylic acids is 1. The fourth-order valence-electron chi connectivity index (χ4n) is 1.79. The quantitative estimate of drug-likeness (QED) is 0.858. The summed E-state index contributed by atoms with van der Waals surface area (Å²) < 4.78 is 37.9. The van der Waals surface area contributed by atoms with Crippen LogP contribution in [0.2, 0.25) is 0 Å². The van der Waals surface area contributed by atoms with E-state index in [9.17, 15) is 18.0 Å². The van der Waals surface area contributed by atoms with Crippen LogP contribution >= 0.6 is 11.8 Å². The van der Waals surface area contributed by atoms with E-state index in [4.69, 9.17) is 0 Å². The lowest BCUT2D eigenvalue weighted by Gasteiger charge is -2.11. The van der Waals surface area contributed by atoms with Gasteiger partial charge in [0.15, 0.2) is 5.16 Å². The predicted molar refractivity (Wildman–Crippen MR) is 78.1 cm³/mol. The van der Waals surface area contributed by atoms with E-state index in [1.807, 2.05) is 36.5 Å². The molecule has 0 aliphatic rings. The van der Waals surface area contributed by atoms with E-state index >= 15 is 0 Å². The van der Waals surface area contributed by atoms with Crippen LogP contribution in [0.4, 0.5) is 13.2 Å². The van der Waals surface area contributed by atoms with Gasteiger partial charge >= 0.3 is 6.18 Å². The average Bonchev–Trinajstić information content (AvgIpc) is 2.91. The molecule has 0 radical (unpaired) electrons. The van der Waals surface area contributed by atoms with Gasteiger partial charge < -0.3 is 5.32 Å². The van der Waals surface area contributed by atoms with Crippen LogP contribution in [0.1, 0.15) is 5.56 Å². The molecule has 1 aromatic carbocycles. The Morgan fingerprint density at radius 3 is 2.77 bits per heavy atom. The van der Waals surface area contributed by atoms with E-state index in [-0.39, 0.29) is 5.75 Å². The highest BCUT2D eigenvalue weighted by atomic mass is 32.2. The van der Waals surface area contributed by atoms with Crippen LogP contribution < -0.4 is 5.32 Å². The van der Waals surface area contributed by atoms with Crippen molar-refractivity contribution in [3.05, 3.63) is 42.2 Å². The van der Waals surface area contributed by atoms with E-state index in [0.29, 0.717) is 5.16 Å². The second-order valence-corrected chi connectivity index (χ2v) is 5.49. The number of aryl methyl sites for hydroxylation is 1. The Kier molecular flexibility index (Phi) is 5.12. The number of aromatic nitrogens is 2. The van der Waals surface area contributed by atoms with Crippen molar-refractivity contribution in [2.45, 2.75) is 18.3 Å². The first-order valence-electron chi connectivity index (χ1n) is 6.42. The standard InChI is InChI=1S/C14H14F3N3OS/c1-10-4-2-3-5-11(10)20-7-6-18-13(20)22-8-12(21)19-9-14(15,16)17/h2-7H,8-9H2,1H3,(H,19,21). The Hall–Kier alpha value is -1.96. The molecule has 2 aromatic rings. The van der Waals surface area contributed by atoms with Crippen molar-refractivity contribution in [2.75, 3.05) is 12.3 Å². The number of rotatable bonds is 5. The van der Waals surface area contributed by atoms with Crippen LogP contribution in [0.15, 0.2) is 41.8 Å². The maximum absolute atomic E-state index is 12.0. The first-order valence-corrected chi connectivity index (χ1v) is 7.41. The van der Waals surface area contributed by atoms with Gasteiger partial charge in [0.25, 0.3) is 0 Å². The smallest absolute Gasteiger partial charge is 0.346 e. The number of imidazole rings is 1. The minimum atomic E-state index is -4.40. The third kappa shape index (κ3) is 4.52. The summed E-state index contributed by atoms with van der Waals surface area (Å²) in [6, 6.07) is 7.64. The largest absolute Gasteiger partial charge is 0.405 e. The van der Waals surface area contributed by atoms with Gasteiger partial charge in [0.2, 0.25) is 5.91 Å². The lowest BCUT2D eigenvalue weighted by atomic mass is 10.2. The molecule has 22 heavy (non-hydrogen) atoms. The zero-order valence-electron chi connectivity index (χ0n) is 11.7. The van der Waals surface area contributed by atoms with E-state index in [0.717, 1.165) is 23.0 Å². The summed E-state index contributed by atoms with van der Waals surface area (Å²) in [5.74, 6) is -0.805. The molecule has 1 heterocycles. The number of halogens is 3. The molecule has 0 saturated heterocycles. The van der Waals surface area contributed by atoms with E-state index in [1.165, 1.54) is 0 Å². The molecule has 8 heteroatoms. The van der Waals surface area contributed by atoms with E-state index in [2.05, 4.69) is 4.98 Å². The summed E-state index contributed by atoms with van der Waals surface area (Å²) in [6.45, 7) is 0.623. The summed E-state index contributed by atoms with van der Waals surface area (Å²) in [4.78, 5) is 15.6. The predicted octanol–water partition coefficient (Wildman–Crippen LogP) is 2.95. The number of benzene rings is 1. The Balaban J connectivity index is 1.99. The average molecular weight is 329 g/mol. The maximum atomic E-state index is 12.0. The van der Waals surface area contributed by atoms with E-state index < -0.39 is 18.6 Å². The van der Waals surface area contributed by atoms with Gasteiger partial charge in [0, 0.05) is 12.4 Å². The normalized spacial score (nSPS) is 11.5. The molecule has 0 atom stereocenters. The van der Waals surface area contributed by atoms with Crippen molar-refractivity contribution in [2.24, 2.45) is 0 Å². The van der Waals surface area contributed by atoms with Crippen molar-refractivity contribution in [1.82, 2.24) is 14.9 Å².